The molecule has 0 aromatic carbocycles. The van der Waals surface area contributed by atoms with Gasteiger partial charge in [-0.3, -0.25) is 18.7 Å². The highest BCUT2D eigenvalue weighted by atomic mass is 16.5. The number of aryl methyl sites for hydroxylation is 1. The highest BCUT2D eigenvalue weighted by Gasteiger charge is 2.05. The van der Waals surface area contributed by atoms with Crippen LogP contribution >= 0.6 is 0 Å². The summed E-state index contributed by atoms with van der Waals surface area (Å²) in [6, 6.07) is 9.45. The summed E-state index contributed by atoms with van der Waals surface area (Å²) in [5, 5.41) is 11.5. The fraction of sp³-hybridized carbons (Fsp3) is 0.569. The number of pyridine rings is 1. The van der Waals surface area contributed by atoms with Gasteiger partial charge < -0.3 is 14.4 Å². The summed E-state index contributed by atoms with van der Waals surface area (Å²) in [6.45, 7) is 44.3. The summed E-state index contributed by atoms with van der Waals surface area (Å²) < 4.78 is 13.9. The van der Waals surface area contributed by atoms with Crippen molar-refractivity contribution >= 4 is 6.34 Å². The molecule has 14 nitrogen and oxygen atoms in total. The Hall–Kier alpha value is -5.66. The molecule has 0 unspecified atom stereocenters. The van der Waals surface area contributed by atoms with Crippen molar-refractivity contribution in [3.05, 3.63) is 128 Å². The van der Waals surface area contributed by atoms with Crippen molar-refractivity contribution in [2.45, 2.75) is 168 Å². The minimum absolute atomic E-state index is 0.0452. The first kappa shape index (κ1) is 68.4. The summed E-state index contributed by atoms with van der Waals surface area (Å²) in [5.74, 6) is 2.65. The smallest absolute Gasteiger partial charge is 0.330 e. The van der Waals surface area contributed by atoms with Gasteiger partial charge in [-0.15, -0.1) is 5.10 Å². The van der Waals surface area contributed by atoms with Gasteiger partial charge in [-0.25, -0.2) is 19.5 Å². The van der Waals surface area contributed by atoms with E-state index in [9.17, 15) is 14.4 Å². The van der Waals surface area contributed by atoms with Crippen LogP contribution in [0.5, 0.6) is 11.8 Å². The Morgan fingerprint density at radius 2 is 1.11 bits per heavy atom. The lowest BCUT2D eigenvalue weighted by Crippen LogP contribution is -2.37. The number of rotatable bonds is 7. The predicted octanol–water partition coefficient (Wildman–Crippen LogP) is 11.8. The second-order valence-electron chi connectivity index (χ2n) is 14.0. The summed E-state index contributed by atoms with van der Waals surface area (Å²) >= 11 is 0. The van der Waals surface area contributed by atoms with Gasteiger partial charge in [0.25, 0.3) is 11.1 Å². The van der Waals surface area contributed by atoms with E-state index < -0.39 is 0 Å². The fourth-order valence-corrected chi connectivity index (χ4v) is 4.15. The fourth-order valence-electron chi connectivity index (χ4n) is 4.15. The second kappa shape index (κ2) is 42.3. The number of nitrogens with zero attached hydrogens (tertiary/aromatic N) is 9. The van der Waals surface area contributed by atoms with Crippen molar-refractivity contribution in [2.75, 3.05) is 14.2 Å². The number of hydrogen-bond donors (Lipinski definition) is 0. The lowest BCUT2D eigenvalue weighted by molar-refractivity contribution is 0.391. The van der Waals surface area contributed by atoms with Crippen LogP contribution in [0, 0.1) is 0 Å². The molecular formula is C51H91N9O5. The molecule has 1 aliphatic heterocycles. The zero-order valence-corrected chi connectivity index (χ0v) is 45.1. The van der Waals surface area contributed by atoms with E-state index >= 15 is 0 Å². The highest BCUT2D eigenvalue weighted by Crippen LogP contribution is 2.17. The van der Waals surface area contributed by atoms with Crippen molar-refractivity contribution in [1.82, 2.24) is 39.0 Å². The third-order valence-corrected chi connectivity index (χ3v) is 7.98. The molecule has 1 aliphatic rings. The Bertz CT molecular complexity index is 1940. The van der Waals surface area contributed by atoms with E-state index in [1.807, 2.05) is 132 Å². The van der Waals surface area contributed by atoms with Gasteiger partial charge in [0, 0.05) is 69.0 Å². The molecule has 0 spiro atoms. The molecule has 370 valence electrons. The average Bonchev–Trinajstić information content (AvgIpc) is 3.33. The summed E-state index contributed by atoms with van der Waals surface area (Å²) in [5.41, 5.74) is 3.64. The van der Waals surface area contributed by atoms with Crippen LogP contribution in [-0.2, 0) is 14.1 Å². The van der Waals surface area contributed by atoms with Gasteiger partial charge in [0.2, 0.25) is 11.8 Å². The van der Waals surface area contributed by atoms with Gasteiger partial charge in [-0.05, 0) is 74.3 Å². The minimum Gasteiger partial charge on any atom is -0.481 e. The molecule has 0 radical (unpaired) electrons. The van der Waals surface area contributed by atoms with E-state index in [1.54, 1.807) is 52.3 Å². The monoisotopic (exact) mass is 910 g/mol. The van der Waals surface area contributed by atoms with Gasteiger partial charge in [0.15, 0.2) is 0 Å². The Kier molecular flexibility index (Phi) is 44.5. The number of aliphatic imine (C=N–C) groups is 1. The van der Waals surface area contributed by atoms with Crippen LogP contribution in [0.25, 0.3) is 0 Å². The van der Waals surface area contributed by atoms with E-state index in [-0.39, 0.29) is 22.9 Å². The van der Waals surface area contributed by atoms with Crippen molar-refractivity contribution in [3.8, 4) is 11.8 Å². The van der Waals surface area contributed by atoms with Crippen LogP contribution in [0.3, 0.4) is 0 Å². The van der Waals surface area contributed by atoms with Crippen molar-refractivity contribution in [1.29, 1.82) is 0 Å². The minimum atomic E-state index is -0.267. The van der Waals surface area contributed by atoms with Crippen LogP contribution in [0.4, 0.5) is 0 Å². The molecular weight excluding hydrogens is 819 g/mol. The molecule has 5 heterocycles. The van der Waals surface area contributed by atoms with Crippen molar-refractivity contribution < 1.29 is 9.47 Å². The third kappa shape index (κ3) is 30.2. The van der Waals surface area contributed by atoms with E-state index in [2.05, 4.69) is 73.4 Å². The molecule has 0 N–H and O–H groups in total. The van der Waals surface area contributed by atoms with Crippen LogP contribution in [0.15, 0.2) is 99.0 Å². The molecule has 5 rings (SSSR count). The van der Waals surface area contributed by atoms with Crippen LogP contribution in [-0.4, -0.2) is 65.6 Å². The zero-order valence-electron chi connectivity index (χ0n) is 45.1. The Balaban J connectivity index is -0.000000220. The molecule has 0 fully saturated rings. The van der Waals surface area contributed by atoms with Crippen LogP contribution in [0.2, 0.25) is 0 Å². The first-order chi connectivity index (χ1) is 30.8. The SMILES string of the molecule is C=C1C=CN(C(C)C)C=N1.CC.CC.CC.CC.CC.CC(C)c1cnn(C)c(=O)c1.CC(C)n1ccc(=O)n(C)c1=O.COc1cc(C(C)C)ccn1.COc1cc(C(C)C)cnn1. The predicted molar refractivity (Wildman–Crippen MR) is 278 cm³/mol. The molecule has 0 saturated carbocycles. The van der Waals surface area contributed by atoms with E-state index in [4.69, 9.17) is 9.47 Å². The van der Waals surface area contributed by atoms with Gasteiger partial charge in [-0.1, -0.05) is 117 Å². The van der Waals surface area contributed by atoms with E-state index in [1.165, 1.54) is 34.1 Å². The lowest BCUT2D eigenvalue weighted by atomic mass is 10.1. The van der Waals surface area contributed by atoms with Gasteiger partial charge >= 0.3 is 5.69 Å². The molecule has 65 heavy (non-hydrogen) atoms. The number of ether oxygens (including phenoxy) is 2. The third-order valence-electron chi connectivity index (χ3n) is 7.98. The summed E-state index contributed by atoms with van der Waals surface area (Å²) in [7, 11) is 6.34. The maximum absolute atomic E-state index is 11.4. The Morgan fingerprint density at radius 1 is 0.615 bits per heavy atom. The van der Waals surface area contributed by atoms with E-state index in [0.29, 0.717) is 35.6 Å². The van der Waals surface area contributed by atoms with Gasteiger partial charge in [0.1, 0.15) is 0 Å². The number of aromatic nitrogens is 7. The summed E-state index contributed by atoms with van der Waals surface area (Å²) in [4.78, 5) is 43.5. The Morgan fingerprint density at radius 3 is 1.52 bits per heavy atom. The molecule has 4 aromatic heterocycles. The van der Waals surface area contributed by atoms with E-state index in [0.717, 1.165) is 21.4 Å². The standard InChI is InChI=1S/C9H13NO.C8H12N2O2.2C8H12N2O.C8H12N2.5C2H6/c1-7(2)8-4-5-10-9(6-8)11-3;1-6(2)10-5-4-7(11)9(3)8(10)12;1-6(2)7-4-8(11-3)10-9-5-7;1-6(2)7-4-8(11)10(3)9-5-7;1-7(2)10-5-4-8(3)9-6-10;5*1-2/h4-7H,1-3H3;4-6H,1-3H3;2*4-6H,1-3H3;4-7H,3H2,1-2H3;5*1-2H3. The molecule has 0 atom stereocenters. The topological polar surface area (TPSA) is 152 Å². The second-order valence-corrected chi connectivity index (χ2v) is 14.0. The molecule has 4 aromatic rings. The summed E-state index contributed by atoms with van der Waals surface area (Å²) in [6.07, 6.45) is 12.5. The lowest BCUT2D eigenvalue weighted by Gasteiger charge is -2.21. The van der Waals surface area contributed by atoms with Crippen LogP contribution < -0.4 is 26.3 Å². The zero-order chi connectivity index (χ0) is 51.8. The normalized spacial score (nSPS) is 10.3. The largest absolute Gasteiger partial charge is 0.481 e. The van der Waals surface area contributed by atoms with Crippen LogP contribution in [0.1, 0.15) is 179 Å². The number of methoxy groups -OCH3 is 2. The average molecular weight is 910 g/mol. The first-order valence-electron chi connectivity index (χ1n) is 23.2. The number of hydrogen-bond acceptors (Lipinski definition) is 11. The molecule has 0 amide bonds. The maximum atomic E-state index is 11.4. The first-order valence-corrected chi connectivity index (χ1v) is 23.2. The molecule has 14 heteroatoms. The highest BCUT2D eigenvalue weighted by molar-refractivity contribution is 5.61. The Labute approximate surface area is 394 Å². The van der Waals surface area contributed by atoms with Crippen molar-refractivity contribution in [2.24, 2.45) is 19.1 Å². The molecule has 0 aliphatic carbocycles. The van der Waals surface area contributed by atoms with Crippen molar-refractivity contribution in [3.63, 3.8) is 0 Å². The molecule has 0 saturated heterocycles. The number of allylic oxidation sites excluding steroid dienone is 1. The van der Waals surface area contributed by atoms with Gasteiger partial charge in [0.05, 0.1) is 38.6 Å². The maximum Gasteiger partial charge on any atom is 0.330 e. The molecule has 0 bridgehead atoms. The van der Waals surface area contributed by atoms with Gasteiger partial charge in [-0.2, -0.15) is 10.2 Å². The quantitative estimate of drug-likeness (QED) is 0.175.